The molecule has 2 rings (SSSR count). The van der Waals surface area contributed by atoms with Crippen LogP contribution in [0, 0.1) is 0 Å². The van der Waals surface area contributed by atoms with Crippen molar-refractivity contribution in [2.24, 2.45) is 0 Å². The minimum atomic E-state index is -1.76. The number of hydrogen-bond acceptors (Lipinski definition) is 4. The molecule has 0 amide bonds. The Morgan fingerprint density at radius 1 is 0.697 bits per heavy atom. The number of hydrogen-bond donors (Lipinski definition) is 0. The van der Waals surface area contributed by atoms with Crippen LogP contribution in [0.25, 0.3) is 0 Å². The lowest BCUT2D eigenvalue weighted by Gasteiger charge is -2.37. The van der Waals surface area contributed by atoms with Crippen molar-refractivity contribution in [2.75, 3.05) is 13.2 Å². The number of rotatable bonds is 8. The molecule has 1 fully saturated rings. The van der Waals surface area contributed by atoms with Gasteiger partial charge in [-0.05, 0) is 76.8 Å². The molecule has 0 aromatic carbocycles. The van der Waals surface area contributed by atoms with Gasteiger partial charge in [0.25, 0.3) is 0 Å². The molecule has 1 saturated heterocycles. The maximum Gasteiger partial charge on any atom is 0.249 e. The van der Waals surface area contributed by atoms with E-state index < -0.39 is 23.2 Å². The lowest BCUT2D eigenvalue weighted by Crippen LogP contribution is -2.41. The molecule has 7 heteroatoms. The fourth-order valence-corrected chi connectivity index (χ4v) is 6.60. The Bertz CT molecular complexity index is 680. The summed E-state index contributed by atoms with van der Waals surface area (Å²) in [5.41, 5.74) is 2.40. The van der Waals surface area contributed by atoms with E-state index in [9.17, 15) is 0 Å². The molecule has 2 aliphatic rings. The summed E-state index contributed by atoms with van der Waals surface area (Å²) in [5, 5.41) is 0.460. The lowest BCUT2D eigenvalue weighted by atomic mass is 9.53. The van der Waals surface area contributed by atoms with E-state index in [4.69, 9.17) is 18.2 Å². The van der Waals surface area contributed by atoms with Crippen LogP contribution in [0.1, 0.15) is 82.1 Å². The molecule has 0 radical (unpaired) electrons. The van der Waals surface area contributed by atoms with E-state index in [0.717, 1.165) is 38.7 Å². The predicted octanol–water partition coefficient (Wildman–Crippen LogP) is 8.17. The highest BCUT2D eigenvalue weighted by molar-refractivity contribution is 6.74. The van der Waals surface area contributed by atoms with Crippen LogP contribution in [0.3, 0.4) is 0 Å². The van der Waals surface area contributed by atoms with E-state index in [1.165, 1.54) is 11.1 Å². The topological polar surface area (TPSA) is 36.9 Å². The Morgan fingerprint density at radius 3 is 1.27 bits per heavy atom. The third-order valence-corrected chi connectivity index (χ3v) is 18.5. The summed E-state index contributed by atoms with van der Waals surface area (Å²) in [6.45, 7) is 32.1. The Labute approximate surface area is 207 Å². The van der Waals surface area contributed by atoms with Gasteiger partial charge in [-0.2, -0.15) is 0 Å². The molecule has 2 heterocycles. The minimum absolute atomic E-state index is 0.230. The molecule has 4 nitrogen and oxygen atoms in total. The lowest BCUT2D eigenvalue weighted by molar-refractivity contribution is 0.00578. The first-order valence-electron chi connectivity index (χ1n) is 13.1. The van der Waals surface area contributed by atoms with Gasteiger partial charge in [0.2, 0.25) is 6.55 Å². The first-order chi connectivity index (χ1) is 14.5. The van der Waals surface area contributed by atoms with Crippen LogP contribution >= 0.6 is 0 Å². The molecule has 2 aliphatic heterocycles. The SMILES string of the molecule is CC1(C)O[B-]2(CC(CCO[Si](C)(C)C(C)(C)C)=C(CCO[Si](C)(C)C(C)(C)C)C2)OC1(C)C. The van der Waals surface area contributed by atoms with Gasteiger partial charge < -0.3 is 18.2 Å². The molecule has 0 atom stereocenters. The first-order valence-corrected chi connectivity index (χ1v) is 18.9. The average molecular weight is 498 g/mol. The molecule has 0 saturated carbocycles. The summed E-state index contributed by atoms with van der Waals surface area (Å²) < 4.78 is 26.5. The molecule has 0 aromatic heterocycles. The van der Waals surface area contributed by atoms with Gasteiger partial charge in [0.15, 0.2) is 16.6 Å². The van der Waals surface area contributed by atoms with E-state index in [0.29, 0.717) is 0 Å². The second-order valence-corrected chi connectivity index (χ2v) is 24.3. The zero-order valence-electron chi connectivity index (χ0n) is 24.5. The second-order valence-electron chi connectivity index (χ2n) is 14.6. The van der Waals surface area contributed by atoms with E-state index in [-0.39, 0.29) is 21.3 Å². The van der Waals surface area contributed by atoms with Crippen molar-refractivity contribution in [1.82, 2.24) is 0 Å². The Morgan fingerprint density at radius 2 is 1.00 bits per heavy atom. The summed E-state index contributed by atoms with van der Waals surface area (Å²) in [6, 6.07) is 0. The van der Waals surface area contributed by atoms with Crippen molar-refractivity contribution in [3.63, 3.8) is 0 Å². The van der Waals surface area contributed by atoms with Crippen molar-refractivity contribution in [1.29, 1.82) is 0 Å². The summed E-state index contributed by atoms with van der Waals surface area (Å²) >= 11 is 0. The molecule has 0 unspecified atom stereocenters. The minimum Gasteiger partial charge on any atom is -0.561 e. The van der Waals surface area contributed by atoms with Gasteiger partial charge in [-0.15, -0.1) is 23.8 Å². The van der Waals surface area contributed by atoms with E-state index in [2.05, 4.69) is 95.4 Å². The molecule has 0 bridgehead atoms. The van der Waals surface area contributed by atoms with Gasteiger partial charge >= 0.3 is 0 Å². The van der Waals surface area contributed by atoms with Gasteiger partial charge in [-0.25, -0.2) is 0 Å². The summed E-state index contributed by atoms with van der Waals surface area (Å²) in [6.07, 6.45) is 3.75. The fourth-order valence-electron chi connectivity index (χ4n) is 4.51. The van der Waals surface area contributed by atoms with Crippen LogP contribution in [-0.4, -0.2) is 47.6 Å². The van der Waals surface area contributed by atoms with Crippen LogP contribution in [0.15, 0.2) is 11.1 Å². The van der Waals surface area contributed by atoms with Gasteiger partial charge in [0, 0.05) is 24.4 Å². The highest BCUT2D eigenvalue weighted by Crippen LogP contribution is 2.51. The summed E-state index contributed by atoms with van der Waals surface area (Å²) in [7, 11) is -3.51. The van der Waals surface area contributed by atoms with Crippen LogP contribution < -0.4 is 0 Å². The van der Waals surface area contributed by atoms with Gasteiger partial charge in [0.1, 0.15) is 0 Å². The normalized spacial score (nSPS) is 23.1. The molecule has 33 heavy (non-hydrogen) atoms. The van der Waals surface area contributed by atoms with Crippen molar-refractivity contribution in [3.05, 3.63) is 11.1 Å². The third kappa shape index (κ3) is 6.45. The third-order valence-electron chi connectivity index (χ3n) is 9.43. The van der Waals surface area contributed by atoms with Crippen molar-refractivity contribution in [2.45, 2.75) is 142 Å². The zero-order valence-corrected chi connectivity index (χ0v) is 26.5. The smallest absolute Gasteiger partial charge is 0.249 e. The molecule has 1 spiro atoms. The summed E-state index contributed by atoms with van der Waals surface area (Å²) in [4.78, 5) is 0. The zero-order chi connectivity index (χ0) is 25.7. The molecule has 194 valence electrons. The highest BCUT2D eigenvalue weighted by Gasteiger charge is 2.53. The van der Waals surface area contributed by atoms with E-state index in [1.807, 2.05) is 0 Å². The van der Waals surface area contributed by atoms with Crippen LogP contribution in [0.2, 0.25) is 48.9 Å². The molecule has 0 aliphatic carbocycles. The van der Waals surface area contributed by atoms with Crippen LogP contribution in [0.5, 0.6) is 0 Å². The maximum absolute atomic E-state index is 6.71. The summed E-state index contributed by atoms with van der Waals surface area (Å²) in [5.74, 6) is 0. The monoisotopic (exact) mass is 497 g/mol. The first kappa shape index (κ1) is 29.3. The van der Waals surface area contributed by atoms with E-state index >= 15 is 0 Å². The van der Waals surface area contributed by atoms with Gasteiger partial charge in [-0.3, -0.25) is 0 Å². The standard InChI is InChI=1S/C26H54BO4Si2/c1-23(2,3)32(11,12)28-17-15-21-19-27(30-25(7,8)26(9,10)31-27)20-22(21)16-18-29-33(13,14)24(4,5)6/h15-20H2,1-14H3/q-1. The maximum atomic E-state index is 6.71. The molecule has 0 N–H and O–H groups in total. The second kappa shape index (κ2) is 9.19. The Hall–Kier alpha value is 0.0787. The molecular formula is C26H54BO4Si2-. The van der Waals surface area contributed by atoms with Crippen molar-refractivity contribution >= 4 is 23.2 Å². The Balaban J connectivity index is 2.15. The fraction of sp³-hybridized carbons (Fsp3) is 0.923. The molecular weight excluding hydrogens is 443 g/mol. The quantitative estimate of drug-likeness (QED) is 0.250. The van der Waals surface area contributed by atoms with Gasteiger partial charge in [0.05, 0.1) is 0 Å². The molecule has 0 aromatic rings. The van der Waals surface area contributed by atoms with Crippen molar-refractivity contribution in [3.8, 4) is 0 Å². The largest absolute Gasteiger partial charge is 0.561 e. The Kier molecular flexibility index (Phi) is 8.16. The van der Waals surface area contributed by atoms with Crippen LogP contribution in [0.4, 0.5) is 0 Å². The highest BCUT2D eigenvalue weighted by atomic mass is 28.4. The van der Waals surface area contributed by atoms with Crippen LogP contribution in [-0.2, 0) is 18.2 Å². The predicted molar refractivity (Wildman–Crippen MR) is 148 cm³/mol. The van der Waals surface area contributed by atoms with Crippen molar-refractivity contribution < 1.29 is 18.2 Å². The van der Waals surface area contributed by atoms with E-state index in [1.54, 1.807) is 0 Å². The van der Waals surface area contributed by atoms with Gasteiger partial charge in [-0.1, -0.05) is 41.5 Å². The average Bonchev–Trinajstić information content (AvgIpc) is 2.96.